The number of methoxy groups -OCH3 is 1. The molecule has 1 saturated heterocycles. The molecule has 0 aliphatic carbocycles. The zero-order valence-corrected chi connectivity index (χ0v) is 16.9. The van der Waals surface area contributed by atoms with E-state index in [9.17, 15) is 14.9 Å². The molecule has 1 unspecified atom stereocenters. The fourth-order valence-corrected chi connectivity index (χ4v) is 4.36. The van der Waals surface area contributed by atoms with Gasteiger partial charge in [0, 0.05) is 23.1 Å². The number of nitrogens with one attached hydrogen (secondary N) is 1. The summed E-state index contributed by atoms with van der Waals surface area (Å²) in [5.74, 6) is 0.549. The molecule has 2 aromatic rings. The normalized spacial score (nSPS) is 16.5. The topological polar surface area (TPSA) is 84.7 Å². The Morgan fingerprint density at radius 1 is 1.39 bits per heavy atom. The third-order valence-corrected chi connectivity index (χ3v) is 6.20. The average molecular weight is 404 g/mol. The highest BCUT2D eigenvalue weighted by Crippen LogP contribution is 2.30. The number of ether oxygens (including phenoxy) is 1. The van der Waals surface area contributed by atoms with Gasteiger partial charge < -0.3 is 10.1 Å². The molecule has 150 valence electrons. The second-order valence-corrected chi connectivity index (χ2v) is 8.08. The molecule has 1 aliphatic rings. The van der Waals surface area contributed by atoms with Gasteiger partial charge >= 0.3 is 5.69 Å². The maximum Gasteiger partial charge on any atom is 0.311 e. The first-order chi connectivity index (χ1) is 13.5. The van der Waals surface area contributed by atoms with Gasteiger partial charge in [0.1, 0.15) is 0 Å². The highest BCUT2D eigenvalue weighted by molar-refractivity contribution is 7.10. The summed E-state index contributed by atoms with van der Waals surface area (Å²) in [5, 5.41) is 16.2. The summed E-state index contributed by atoms with van der Waals surface area (Å²) < 4.78 is 5.00. The predicted octanol–water partition coefficient (Wildman–Crippen LogP) is 3.87. The molecule has 3 rings (SSSR count). The van der Waals surface area contributed by atoms with Gasteiger partial charge in [0.2, 0.25) is 0 Å². The molecular weight excluding hydrogens is 378 g/mol. The highest BCUT2D eigenvalue weighted by Gasteiger charge is 2.26. The Labute approximate surface area is 168 Å². The lowest BCUT2D eigenvalue weighted by Gasteiger charge is -2.36. The van der Waals surface area contributed by atoms with Gasteiger partial charge in [-0.3, -0.25) is 19.8 Å². The SMILES string of the molecule is COc1ccc(C(=O)NCC(c2cccs2)N2CCC(C)CC2)cc1[N+](=O)[O-]. The molecule has 2 heterocycles. The summed E-state index contributed by atoms with van der Waals surface area (Å²) in [7, 11) is 1.37. The third-order valence-electron chi connectivity index (χ3n) is 5.22. The van der Waals surface area contributed by atoms with Gasteiger partial charge in [-0.15, -0.1) is 11.3 Å². The van der Waals surface area contributed by atoms with Gasteiger partial charge in [-0.25, -0.2) is 0 Å². The van der Waals surface area contributed by atoms with Crippen molar-refractivity contribution >= 4 is 22.9 Å². The van der Waals surface area contributed by atoms with E-state index in [0.717, 1.165) is 31.8 Å². The van der Waals surface area contributed by atoms with Crippen LogP contribution in [0, 0.1) is 16.0 Å². The van der Waals surface area contributed by atoms with Crippen molar-refractivity contribution in [3.63, 3.8) is 0 Å². The lowest BCUT2D eigenvalue weighted by molar-refractivity contribution is -0.385. The van der Waals surface area contributed by atoms with Crippen LogP contribution in [-0.4, -0.2) is 42.5 Å². The van der Waals surface area contributed by atoms with Gasteiger partial charge in [0.25, 0.3) is 5.91 Å². The van der Waals surface area contributed by atoms with Gasteiger partial charge in [-0.05, 0) is 55.4 Å². The van der Waals surface area contributed by atoms with E-state index in [1.165, 1.54) is 24.1 Å². The molecule has 7 nitrogen and oxygen atoms in total. The number of hydrogen-bond donors (Lipinski definition) is 1. The largest absolute Gasteiger partial charge is 0.490 e. The molecule has 8 heteroatoms. The molecule has 0 spiro atoms. The third kappa shape index (κ3) is 4.69. The molecule has 0 bridgehead atoms. The summed E-state index contributed by atoms with van der Waals surface area (Å²) in [6.07, 6.45) is 2.31. The minimum atomic E-state index is -0.543. The maximum absolute atomic E-state index is 12.6. The maximum atomic E-state index is 12.6. The molecule has 1 aliphatic heterocycles. The molecule has 1 aromatic carbocycles. The fourth-order valence-electron chi connectivity index (χ4n) is 3.50. The van der Waals surface area contributed by atoms with E-state index >= 15 is 0 Å². The van der Waals surface area contributed by atoms with Crippen LogP contribution in [0.1, 0.15) is 41.0 Å². The van der Waals surface area contributed by atoms with E-state index in [1.54, 1.807) is 17.4 Å². The first kappa shape index (κ1) is 20.3. The number of thiophene rings is 1. The zero-order chi connectivity index (χ0) is 20.1. The molecule has 28 heavy (non-hydrogen) atoms. The van der Waals surface area contributed by atoms with E-state index in [2.05, 4.69) is 23.2 Å². The fraction of sp³-hybridized carbons (Fsp3) is 0.450. The van der Waals surface area contributed by atoms with Crippen LogP contribution < -0.4 is 10.1 Å². The minimum absolute atomic E-state index is 0.115. The van der Waals surface area contributed by atoms with Crippen molar-refractivity contribution in [1.29, 1.82) is 0 Å². The molecule has 1 amide bonds. The molecule has 0 saturated carbocycles. The summed E-state index contributed by atoms with van der Waals surface area (Å²) in [6.45, 7) is 4.75. The smallest absolute Gasteiger partial charge is 0.311 e. The number of hydrogen-bond acceptors (Lipinski definition) is 6. The van der Waals surface area contributed by atoms with Gasteiger partial charge in [0.05, 0.1) is 18.1 Å². The standard InChI is InChI=1S/C20H25N3O4S/c1-14-7-9-22(10-8-14)17(19-4-3-11-28-19)13-21-20(24)15-5-6-18(27-2)16(12-15)23(25)26/h3-6,11-12,14,17H,7-10,13H2,1-2H3,(H,21,24). The lowest BCUT2D eigenvalue weighted by atomic mass is 9.97. The number of piperidine rings is 1. The van der Waals surface area contributed by atoms with Crippen LogP contribution in [0.25, 0.3) is 0 Å². The summed E-state index contributed by atoms with van der Waals surface area (Å²) in [6, 6.07) is 8.49. The number of rotatable bonds is 7. The summed E-state index contributed by atoms with van der Waals surface area (Å²) in [5.41, 5.74) is 0.0414. The van der Waals surface area contributed by atoms with Gasteiger partial charge in [0.15, 0.2) is 5.75 Å². The Bertz CT molecular complexity index is 817. The average Bonchev–Trinajstić information content (AvgIpc) is 3.23. The van der Waals surface area contributed by atoms with Crippen molar-refractivity contribution in [3.8, 4) is 5.75 Å². The van der Waals surface area contributed by atoms with Crippen molar-refractivity contribution in [2.75, 3.05) is 26.7 Å². The zero-order valence-electron chi connectivity index (χ0n) is 16.1. The molecule has 1 N–H and O–H groups in total. The number of benzene rings is 1. The Hall–Kier alpha value is -2.45. The monoisotopic (exact) mass is 403 g/mol. The van der Waals surface area contributed by atoms with E-state index in [-0.39, 0.29) is 28.9 Å². The van der Waals surface area contributed by atoms with Crippen molar-refractivity contribution in [1.82, 2.24) is 10.2 Å². The van der Waals surface area contributed by atoms with Gasteiger partial charge in [-0.2, -0.15) is 0 Å². The Balaban J connectivity index is 1.72. The van der Waals surface area contributed by atoms with E-state index in [0.29, 0.717) is 6.54 Å². The van der Waals surface area contributed by atoms with E-state index in [1.807, 2.05) is 11.4 Å². The number of amides is 1. The molecule has 1 aromatic heterocycles. The van der Waals surface area contributed by atoms with Crippen molar-refractivity contribution in [3.05, 3.63) is 56.3 Å². The van der Waals surface area contributed by atoms with E-state index < -0.39 is 4.92 Å². The summed E-state index contributed by atoms with van der Waals surface area (Å²) in [4.78, 5) is 26.9. The van der Waals surface area contributed by atoms with Gasteiger partial charge in [-0.1, -0.05) is 13.0 Å². The van der Waals surface area contributed by atoms with Crippen LogP contribution in [0.2, 0.25) is 0 Å². The number of carbonyl (C=O) groups excluding carboxylic acids is 1. The quantitative estimate of drug-likeness (QED) is 0.560. The second-order valence-electron chi connectivity index (χ2n) is 7.10. The van der Waals surface area contributed by atoms with Crippen LogP contribution in [0.4, 0.5) is 5.69 Å². The highest BCUT2D eigenvalue weighted by atomic mass is 32.1. The van der Waals surface area contributed by atoms with Crippen molar-refractivity contribution < 1.29 is 14.5 Å². The second kappa shape index (κ2) is 9.16. The summed E-state index contributed by atoms with van der Waals surface area (Å²) >= 11 is 1.69. The number of likely N-dealkylation sites (tertiary alicyclic amines) is 1. The van der Waals surface area contributed by atoms with Crippen LogP contribution in [0.5, 0.6) is 5.75 Å². The molecular formula is C20H25N3O4S. The molecule has 1 atom stereocenters. The number of carbonyl (C=O) groups is 1. The van der Waals surface area contributed by atoms with Crippen LogP contribution in [0.15, 0.2) is 35.7 Å². The first-order valence-corrected chi connectivity index (χ1v) is 10.3. The van der Waals surface area contributed by atoms with E-state index in [4.69, 9.17) is 4.74 Å². The first-order valence-electron chi connectivity index (χ1n) is 9.37. The van der Waals surface area contributed by atoms with Crippen LogP contribution in [-0.2, 0) is 0 Å². The lowest BCUT2D eigenvalue weighted by Crippen LogP contribution is -2.41. The van der Waals surface area contributed by atoms with Crippen LogP contribution >= 0.6 is 11.3 Å². The Morgan fingerprint density at radius 3 is 2.75 bits per heavy atom. The molecule has 1 fully saturated rings. The number of nitro benzene ring substituents is 1. The van der Waals surface area contributed by atoms with Crippen LogP contribution in [0.3, 0.4) is 0 Å². The minimum Gasteiger partial charge on any atom is -0.490 e. The van der Waals surface area contributed by atoms with Crippen molar-refractivity contribution in [2.45, 2.75) is 25.8 Å². The number of nitro groups is 1. The Morgan fingerprint density at radius 2 is 2.14 bits per heavy atom. The van der Waals surface area contributed by atoms with Crippen molar-refractivity contribution in [2.24, 2.45) is 5.92 Å². The molecule has 0 radical (unpaired) electrons. The Kier molecular flexibility index (Phi) is 6.64. The number of nitrogens with zero attached hydrogens (tertiary/aromatic N) is 2. The predicted molar refractivity (Wildman–Crippen MR) is 109 cm³/mol.